The van der Waals surface area contributed by atoms with E-state index < -0.39 is 5.97 Å². The molecule has 5 nitrogen and oxygen atoms in total. The summed E-state index contributed by atoms with van der Waals surface area (Å²) in [6.45, 7) is 5.51. The molecule has 110 valence electrons. The van der Waals surface area contributed by atoms with Gasteiger partial charge in [0.15, 0.2) is 0 Å². The second kappa shape index (κ2) is 7.61. The predicted molar refractivity (Wildman–Crippen MR) is 81.5 cm³/mol. The van der Waals surface area contributed by atoms with Crippen molar-refractivity contribution >= 4 is 27.6 Å². The number of aromatic carboxylic acids is 1. The van der Waals surface area contributed by atoms with Crippen LogP contribution in [0.25, 0.3) is 0 Å². The number of carboxylic acid groups (broad SMARTS) is 1. The van der Waals surface area contributed by atoms with Gasteiger partial charge in [-0.1, -0.05) is 15.9 Å². The van der Waals surface area contributed by atoms with Crippen molar-refractivity contribution in [1.82, 2.24) is 4.90 Å². The average molecular weight is 343 g/mol. The van der Waals surface area contributed by atoms with E-state index >= 15 is 0 Å². The molecule has 2 N–H and O–H groups in total. The third-order valence-electron chi connectivity index (χ3n) is 3.23. The Bertz CT molecular complexity index is 462. The fraction of sp³-hybridized carbons (Fsp3) is 0.500. The largest absolute Gasteiger partial charge is 0.478 e. The molecule has 6 heteroatoms. The number of morpholine rings is 1. The highest BCUT2D eigenvalue weighted by Gasteiger charge is 2.09. The van der Waals surface area contributed by atoms with Crippen LogP contribution in [-0.2, 0) is 4.74 Å². The lowest BCUT2D eigenvalue weighted by molar-refractivity contribution is 0.0378. The Kier molecular flexibility index (Phi) is 5.82. The third-order valence-corrected chi connectivity index (χ3v) is 3.69. The zero-order valence-corrected chi connectivity index (χ0v) is 12.9. The molecule has 2 rings (SSSR count). The molecule has 0 radical (unpaired) electrons. The summed E-state index contributed by atoms with van der Waals surface area (Å²) in [5.41, 5.74) is 1.12. The van der Waals surface area contributed by atoms with Crippen LogP contribution in [-0.4, -0.2) is 55.4 Å². The summed E-state index contributed by atoms with van der Waals surface area (Å²) in [6.07, 6.45) is 1.02. The van der Waals surface area contributed by atoms with E-state index in [1.165, 1.54) is 0 Å². The minimum absolute atomic E-state index is 0.287. The number of nitrogens with zero attached hydrogens (tertiary/aromatic N) is 1. The summed E-state index contributed by atoms with van der Waals surface area (Å²) in [6, 6.07) is 5.14. The summed E-state index contributed by atoms with van der Waals surface area (Å²) in [5, 5.41) is 12.3. The van der Waals surface area contributed by atoms with Crippen molar-refractivity contribution in [3.8, 4) is 0 Å². The van der Waals surface area contributed by atoms with Gasteiger partial charge in [0, 0.05) is 29.8 Å². The van der Waals surface area contributed by atoms with Gasteiger partial charge in [0.1, 0.15) is 0 Å². The van der Waals surface area contributed by atoms with Crippen molar-refractivity contribution in [3.63, 3.8) is 0 Å². The zero-order valence-electron chi connectivity index (χ0n) is 11.3. The minimum Gasteiger partial charge on any atom is -0.478 e. The van der Waals surface area contributed by atoms with E-state index in [4.69, 9.17) is 9.84 Å². The highest BCUT2D eigenvalue weighted by atomic mass is 79.9. The first kappa shape index (κ1) is 15.3. The average Bonchev–Trinajstić information content (AvgIpc) is 2.44. The Hall–Kier alpha value is -1.11. The van der Waals surface area contributed by atoms with Crippen LogP contribution in [0.2, 0.25) is 0 Å². The summed E-state index contributed by atoms with van der Waals surface area (Å²) in [4.78, 5) is 13.4. The van der Waals surface area contributed by atoms with Crippen molar-refractivity contribution < 1.29 is 14.6 Å². The minimum atomic E-state index is -0.914. The maximum absolute atomic E-state index is 11.0. The van der Waals surface area contributed by atoms with Gasteiger partial charge in [0.05, 0.1) is 18.8 Å². The fourth-order valence-corrected chi connectivity index (χ4v) is 2.67. The Morgan fingerprint density at radius 3 is 2.80 bits per heavy atom. The predicted octanol–water partition coefficient (Wildman–Crippen LogP) is 2.28. The fourth-order valence-electron chi connectivity index (χ4n) is 2.18. The number of carboxylic acids is 1. The maximum atomic E-state index is 11.0. The van der Waals surface area contributed by atoms with Crippen molar-refractivity contribution in [1.29, 1.82) is 0 Å². The molecule has 1 aliphatic rings. The molecule has 0 unspecified atom stereocenters. The van der Waals surface area contributed by atoms with Gasteiger partial charge in [-0.15, -0.1) is 0 Å². The first-order valence-electron chi connectivity index (χ1n) is 6.73. The van der Waals surface area contributed by atoms with Crippen molar-refractivity contribution in [3.05, 3.63) is 28.2 Å². The van der Waals surface area contributed by atoms with E-state index in [0.29, 0.717) is 0 Å². The number of carbonyl (C=O) groups is 1. The SMILES string of the molecule is O=C(O)c1cc(Br)cc(NCCCN2CCOCC2)c1. The number of ether oxygens (including phenoxy) is 1. The van der Waals surface area contributed by atoms with Gasteiger partial charge in [0.2, 0.25) is 0 Å². The van der Waals surface area contributed by atoms with Crippen LogP contribution in [0.15, 0.2) is 22.7 Å². The van der Waals surface area contributed by atoms with Crippen LogP contribution in [0, 0.1) is 0 Å². The van der Waals surface area contributed by atoms with Gasteiger partial charge in [0.25, 0.3) is 0 Å². The van der Waals surface area contributed by atoms with Gasteiger partial charge >= 0.3 is 5.97 Å². The first-order chi connectivity index (χ1) is 9.65. The van der Waals surface area contributed by atoms with Crippen molar-refractivity contribution in [2.75, 3.05) is 44.7 Å². The summed E-state index contributed by atoms with van der Waals surface area (Å²) in [7, 11) is 0. The van der Waals surface area contributed by atoms with Crippen LogP contribution < -0.4 is 5.32 Å². The Morgan fingerprint density at radius 1 is 1.35 bits per heavy atom. The van der Waals surface area contributed by atoms with Crippen LogP contribution in [0.4, 0.5) is 5.69 Å². The lowest BCUT2D eigenvalue weighted by atomic mass is 10.2. The van der Waals surface area contributed by atoms with E-state index in [2.05, 4.69) is 26.1 Å². The molecule has 1 heterocycles. The second-order valence-electron chi connectivity index (χ2n) is 4.77. The quantitative estimate of drug-likeness (QED) is 0.776. The molecular weight excluding hydrogens is 324 g/mol. The lowest BCUT2D eigenvalue weighted by Gasteiger charge is -2.26. The number of benzene rings is 1. The number of anilines is 1. The Morgan fingerprint density at radius 2 is 2.10 bits per heavy atom. The van der Waals surface area contributed by atoms with Crippen molar-refractivity contribution in [2.45, 2.75) is 6.42 Å². The summed E-state index contributed by atoms with van der Waals surface area (Å²) in [5.74, 6) is -0.914. The van der Waals surface area contributed by atoms with Crippen LogP contribution >= 0.6 is 15.9 Å². The van der Waals surface area contributed by atoms with E-state index in [1.807, 2.05) is 6.07 Å². The zero-order chi connectivity index (χ0) is 14.4. The Labute approximate surface area is 127 Å². The smallest absolute Gasteiger partial charge is 0.335 e. The van der Waals surface area contributed by atoms with E-state index in [0.717, 1.165) is 56.0 Å². The normalized spacial score (nSPS) is 16.1. The summed E-state index contributed by atoms with van der Waals surface area (Å²) < 4.78 is 6.08. The number of halogens is 1. The highest BCUT2D eigenvalue weighted by molar-refractivity contribution is 9.10. The number of hydrogen-bond acceptors (Lipinski definition) is 4. The van der Waals surface area contributed by atoms with Gasteiger partial charge in [-0.25, -0.2) is 4.79 Å². The molecule has 0 saturated carbocycles. The standard InChI is InChI=1S/C14H19BrN2O3/c15-12-8-11(14(18)19)9-13(10-12)16-2-1-3-17-4-6-20-7-5-17/h8-10,16H,1-7H2,(H,18,19). The Balaban J connectivity index is 1.77. The number of hydrogen-bond donors (Lipinski definition) is 2. The molecule has 0 amide bonds. The number of rotatable bonds is 6. The molecule has 0 atom stereocenters. The molecule has 0 bridgehead atoms. The highest BCUT2D eigenvalue weighted by Crippen LogP contribution is 2.19. The van der Waals surface area contributed by atoms with Crippen LogP contribution in [0.1, 0.15) is 16.8 Å². The molecule has 0 spiro atoms. The molecule has 1 aromatic carbocycles. The molecule has 0 aliphatic carbocycles. The van der Waals surface area contributed by atoms with Gasteiger partial charge in [-0.05, 0) is 31.2 Å². The molecule has 1 fully saturated rings. The lowest BCUT2D eigenvalue weighted by Crippen LogP contribution is -2.37. The molecule has 1 saturated heterocycles. The molecular formula is C14H19BrN2O3. The third kappa shape index (κ3) is 4.77. The van der Waals surface area contributed by atoms with Crippen molar-refractivity contribution in [2.24, 2.45) is 0 Å². The van der Waals surface area contributed by atoms with E-state index in [1.54, 1.807) is 12.1 Å². The topological polar surface area (TPSA) is 61.8 Å². The van der Waals surface area contributed by atoms with Gasteiger partial charge in [-0.2, -0.15) is 0 Å². The van der Waals surface area contributed by atoms with E-state index in [-0.39, 0.29) is 5.56 Å². The number of nitrogens with one attached hydrogen (secondary N) is 1. The first-order valence-corrected chi connectivity index (χ1v) is 7.52. The van der Waals surface area contributed by atoms with E-state index in [9.17, 15) is 4.79 Å². The molecule has 1 aromatic rings. The maximum Gasteiger partial charge on any atom is 0.335 e. The van der Waals surface area contributed by atoms with Gasteiger partial charge < -0.3 is 15.2 Å². The second-order valence-corrected chi connectivity index (χ2v) is 5.68. The molecule has 20 heavy (non-hydrogen) atoms. The monoisotopic (exact) mass is 342 g/mol. The van der Waals surface area contributed by atoms with Crippen LogP contribution in [0.5, 0.6) is 0 Å². The molecule has 0 aromatic heterocycles. The molecule has 1 aliphatic heterocycles. The van der Waals surface area contributed by atoms with Gasteiger partial charge in [-0.3, -0.25) is 4.90 Å². The van der Waals surface area contributed by atoms with Crippen LogP contribution in [0.3, 0.4) is 0 Å². The summed E-state index contributed by atoms with van der Waals surface area (Å²) >= 11 is 3.33.